The molecule has 1 aliphatic carbocycles. The molecule has 0 heteroatoms. The van der Waals surface area contributed by atoms with Gasteiger partial charge in [-0.3, -0.25) is 0 Å². The Balaban J connectivity index is 2.62. The fourth-order valence-electron chi connectivity index (χ4n) is 3.04. The van der Waals surface area contributed by atoms with Crippen LogP contribution in [-0.4, -0.2) is 0 Å². The Hall–Kier alpha value is 0. The average molecular weight is 196 g/mol. The summed E-state index contributed by atoms with van der Waals surface area (Å²) in [5.41, 5.74) is 0. The van der Waals surface area contributed by atoms with Crippen LogP contribution in [-0.2, 0) is 0 Å². The lowest BCUT2D eigenvalue weighted by Gasteiger charge is -2.31. The van der Waals surface area contributed by atoms with Gasteiger partial charge in [0.25, 0.3) is 0 Å². The molecule has 0 radical (unpaired) electrons. The maximum Gasteiger partial charge on any atom is -0.0358 e. The van der Waals surface area contributed by atoms with Crippen LogP contribution in [0.3, 0.4) is 0 Å². The molecule has 0 heterocycles. The van der Waals surface area contributed by atoms with Crippen molar-refractivity contribution in [3.05, 3.63) is 0 Å². The molecule has 0 N–H and O–H groups in total. The molecule has 0 amide bonds. The Morgan fingerprint density at radius 1 is 1.00 bits per heavy atom. The molecule has 0 nitrogen and oxygen atoms in total. The molecule has 0 aromatic heterocycles. The summed E-state index contributed by atoms with van der Waals surface area (Å²) >= 11 is 0. The fraction of sp³-hybridized carbons (Fsp3) is 1.00. The van der Waals surface area contributed by atoms with E-state index in [1.807, 2.05) is 0 Å². The highest BCUT2D eigenvalue weighted by Crippen LogP contribution is 2.38. The first-order chi connectivity index (χ1) is 6.52. The first-order valence-corrected chi connectivity index (χ1v) is 6.52. The minimum atomic E-state index is 0.854. The van der Waals surface area contributed by atoms with Crippen LogP contribution in [0, 0.1) is 29.6 Å². The van der Waals surface area contributed by atoms with Crippen molar-refractivity contribution >= 4 is 0 Å². The predicted molar refractivity (Wildman–Crippen MR) is 64.3 cm³/mol. The van der Waals surface area contributed by atoms with E-state index in [1.165, 1.54) is 25.7 Å². The standard InChI is InChI=1S/C14H28/c1-10(2)13(5)14-9-11(3)7-6-8-12(14)4/h10-14H,6-9H2,1-5H3. The van der Waals surface area contributed by atoms with Gasteiger partial charge in [-0.1, -0.05) is 53.9 Å². The molecule has 1 rings (SSSR count). The van der Waals surface area contributed by atoms with E-state index in [-0.39, 0.29) is 0 Å². The van der Waals surface area contributed by atoms with E-state index >= 15 is 0 Å². The lowest BCUT2D eigenvalue weighted by Crippen LogP contribution is -2.24. The maximum absolute atomic E-state index is 2.47. The summed E-state index contributed by atoms with van der Waals surface area (Å²) in [5, 5.41) is 0. The van der Waals surface area contributed by atoms with Gasteiger partial charge in [-0.2, -0.15) is 0 Å². The summed E-state index contributed by atoms with van der Waals surface area (Å²) in [6.45, 7) is 12.1. The van der Waals surface area contributed by atoms with Gasteiger partial charge < -0.3 is 0 Å². The minimum absolute atomic E-state index is 0.854. The smallest absolute Gasteiger partial charge is 0.0358 e. The molecule has 0 bridgehead atoms. The number of rotatable bonds is 2. The van der Waals surface area contributed by atoms with Gasteiger partial charge >= 0.3 is 0 Å². The summed E-state index contributed by atoms with van der Waals surface area (Å²) in [6.07, 6.45) is 5.86. The second-order valence-corrected chi connectivity index (χ2v) is 6.02. The molecule has 1 fully saturated rings. The Kier molecular flexibility index (Phi) is 4.47. The van der Waals surface area contributed by atoms with Crippen LogP contribution in [0.1, 0.15) is 60.3 Å². The van der Waals surface area contributed by atoms with Crippen molar-refractivity contribution in [2.45, 2.75) is 60.3 Å². The number of hydrogen-bond acceptors (Lipinski definition) is 0. The zero-order chi connectivity index (χ0) is 10.7. The Morgan fingerprint density at radius 3 is 2.21 bits per heavy atom. The normalized spacial score (nSPS) is 36.9. The molecule has 0 aromatic rings. The third-order valence-corrected chi connectivity index (χ3v) is 4.49. The van der Waals surface area contributed by atoms with Crippen LogP contribution in [0.2, 0.25) is 0 Å². The molecule has 4 unspecified atom stereocenters. The van der Waals surface area contributed by atoms with Crippen LogP contribution in [0.15, 0.2) is 0 Å². The van der Waals surface area contributed by atoms with Crippen LogP contribution in [0.5, 0.6) is 0 Å². The van der Waals surface area contributed by atoms with E-state index < -0.39 is 0 Å². The van der Waals surface area contributed by atoms with Crippen molar-refractivity contribution in [3.63, 3.8) is 0 Å². The summed E-state index contributed by atoms with van der Waals surface area (Å²) in [7, 11) is 0. The third-order valence-electron chi connectivity index (χ3n) is 4.49. The van der Waals surface area contributed by atoms with E-state index in [4.69, 9.17) is 0 Å². The minimum Gasteiger partial charge on any atom is -0.0625 e. The number of hydrogen-bond donors (Lipinski definition) is 0. The SMILES string of the molecule is CC1CCCC(C)C(C(C)C(C)C)C1. The maximum atomic E-state index is 2.47. The molecule has 1 saturated carbocycles. The van der Waals surface area contributed by atoms with Gasteiger partial charge in [0.05, 0.1) is 0 Å². The fourth-order valence-corrected chi connectivity index (χ4v) is 3.04. The molecule has 0 saturated heterocycles. The lowest BCUT2D eigenvalue weighted by molar-refractivity contribution is 0.180. The first-order valence-electron chi connectivity index (χ1n) is 6.52. The predicted octanol–water partition coefficient (Wildman–Crippen LogP) is 4.74. The molecule has 84 valence electrons. The average Bonchev–Trinajstić information content (AvgIpc) is 2.27. The van der Waals surface area contributed by atoms with Crippen LogP contribution in [0.4, 0.5) is 0 Å². The molecule has 1 aliphatic rings. The van der Waals surface area contributed by atoms with Crippen molar-refractivity contribution in [1.82, 2.24) is 0 Å². The lowest BCUT2D eigenvalue weighted by atomic mass is 9.74. The largest absolute Gasteiger partial charge is 0.0625 e. The molecule has 4 atom stereocenters. The summed E-state index contributed by atoms with van der Waals surface area (Å²) in [6, 6.07) is 0. The first kappa shape index (κ1) is 12.1. The molecule has 0 aromatic carbocycles. The quantitative estimate of drug-likeness (QED) is 0.560. The summed E-state index contributed by atoms with van der Waals surface area (Å²) in [4.78, 5) is 0. The molecule has 14 heavy (non-hydrogen) atoms. The second-order valence-electron chi connectivity index (χ2n) is 6.02. The van der Waals surface area contributed by atoms with Gasteiger partial charge in [0.1, 0.15) is 0 Å². The van der Waals surface area contributed by atoms with Crippen LogP contribution >= 0.6 is 0 Å². The third kappa shape index (κ3) is 3.00. The van der Waals surface area contributed by atoms with Crippen molar-refractivity contribution in [1.29, 1.82) is 0 Å². The van der Waals surface area contributed by atoms with Crippen molar-refractivity contribution in [2.24, 2.45) is 29.6 Å². The molecule has 0 spiro atoms. The van der Waals surface area contributed by atoms with Crippen LogP contribution in [0.25, 0.3) is 0 Å². The van der Waals surface area contributed by atoms with E-state index in [0.717, 1.165) is 29.6 Å². The summed E-state index contributed by atoms with van der Waals surface area (Å²) < 4.78 is 0. The molecular formula is C14H28. The van der Waals surface area contributed by atoms with Crippen molar-refractivity contribution in [3.8, 4) is 0 Å². The van der Waals surface area contributed by atoms with E-state index in [9.17, 15) is 0 Å². The molecule has 0 aliphatic heterocycles. The van der Waals surface area contributed by atoms with E-state index in [2.05, 4.69) is 34.6 Å². The van der Waals surface area contributed by atoms with Gasteiger partial charge in [0, 0.05) is 0 Å². The van der Waals surface area contributed by atoms with E-state index in [1.54, 1.807) is 0 Å². The zero-order valence-corrected chi connectivity index (χ0v) is 10.7. The monoisotopic (exact) mass is 196 g/mol. The Bertz CT molecular complexity index is 159. The van der Waals surface area contributed by atoms with Crippen molar-refractivity contribution in [2.75, 3.05) is 0 Å². The Labute approximate surface area is 90.5 Å². The van der Waals surface area contributed by atoms with Gasteiger partial charge in [0.2, 0.25) is 0 Å². The highest BCUT2D eigenvalue weighted by atomic mass is 14.3. The Morgan fingerprint density at radius 2 is 1.64 bits per heavy atom. The highest BCUT2D eigenvalue weighted by molar-refractivity contribution is 4.79. The van der Waals surface area contributed by atoms with E-state index in [0.29, 0.717) is 0 Å². The van der Waals surface area contributed by atoms with Crippen molar-refractivity contribution < 1.29 is 0 Å². The second kappa shape index (κ2) is 5.19. The zero-order valence-electron chi connectivity index (χ0n) is 10.7. The van der Waals surface area contributed by atoms with Gasteiger partial charge in [0.15, 0.2) is 0 Å². The van der Waals surface area contributed by atoms with Crippen LogP contribution < -0.4 is 0 Å². The molecular weight excluding hydrogens is 168 g/mol. The van der Waals surface area contributed by atoms with Gasteiger partial charge in [-0.05, 0) is 36.0 Å². The van der Waals surface area contributed by atoms with Gasteiger partial charge in [-0.25, -0.2) is 0 Å². The highest BCUT2D eigenvalue weighted by Gasteiger charge is 2.29. The van der Waals surface area contributed by atoms with Gasteiger partial charge in [-0.15, -0.1) is 0 Å². The topological polar surface area (TPSA) is 0 Å². The summed E-state index contributed by atoms with van der Waals surface area (Å²) in [5.74, 6) is 4.66.